The molecule has 3 aromatic heterocycles. The van der Waals surface area contributed by atoms with Gasteiger partial charge in [-0.15, -0.1) is 10.2 Å². The summed E-state index contributed by atoms with van der Waals surface area (Å²) >= 11 is 1.66. The van der Waals surface area contributed by atoms with Crippen molar-refractivity contribution >= 4 is 28.9 Å². The van der Waals surface area contributed by atoms with Gasteiger partial charge in [-0.05, 0) is 32.1 Å². The molecular formula is C19H26N8O2S. The molecule has 4 heterocycles. The Morgan fingerprint density at radius 3 is 2.63 bits per heavy atom. The van der Waals surface area contributed by atoms with Gasteiger partial charge in [-0.1, -0.05) is 11.8 Å². The number of rotatable bonds is 7. The average Bonchev–Trinajstić information content (AvgIpc) is 3.13. The molecule has 5 rings (SSSR count). The fourth-order valence-electron chi connectivity index (χ4n) is 4.13. The van der Waals surface area contributed by atoms with Crippen LogP contribution in [0.5, 0.6) is 0 Å². The SMILES string of the molecule is Cn1cnc2c1c(=O)n(CCCSc1nnc(N3CCCC3)n1C1CC1)c(=O)n2C. The first kappa shape index (κ1) is 19.4. The van der Waals surface area contributed by atoms with Crippen molar-refractivity contribution in [1.82, 2.24) is 33.4 Å². The summed E-state index contributed by atoms with van der Waals surface area (Å²) in [7, 11) is 3.42. The first-order chi connectivity index (χ1) is 14.6. The van der Waals surface area contributed by atoms with Crippen LogP contribution >= 0.6 is 11.8 Å². The van der Waals surface area contributed by atoms with E-state index in [1.807, 2.05) is 0 Å². The monoisotopic (exact) mass is 430 g/mol. The lowest BCUT2D eigenvalue weighted by atomic mass is 10.4. The zero-order chi connectivity index (χ0) is 20.8. The number of aromatic nitrogens is 7. The van der Waals surface area contributed by atoms with Crippen LogP contribution in [0.4, 0.5) is 5.95 Å². The smallest absolute Gasteiger partial charge is 0.332 e. The van der Waals surface area contributed by atoms with Crippen LogP contribution in [-0.4, -0.2) is 52.3 Å². The largest absolute Gasteiger partial charge is 0.341 e. The van der Waals surface area contributed by atoms with Crippen LogP contribution in [0, 0.1) is 0 Å². The van der Waals surface area contributed by atoms with Crippen LogP contribution in [0.1, 0.15) is 38.1 Å². The van der Waals surface area contributed by atoms with E-state index >= 15 is 0 Å². The van der Waals surface area contributed by atoms with Crippen molar-refractivity contribution < 1.29 is 0 Å². The number of hydrogen-bond acceptors (Lipinski definition) is 7. The third kappa shape index (κ3) is 3.24. The second-order valence-electron chi connectivity index (χ2n) is 8.11. The summed E-state index contributed by atoms with van der Waals surface area (Å²) in [5.74, 6) is 1.77. The molecule has 0 amide bonds. The van der Waals surface area contributed by atoms with E-state index in [0.29, 0.717) is 30.2 Å². The third-order valence-corrected chi connectivity index (χ3v) is 6.94. The molecule has 0 N–H and O–H groups in total. The summed E-state index contributed by atoms with van der Waals surface area (Å²) in [5.41, 5.74) is 0.267. The van der Waals surface area contributed by atoms with E-state index in [1.165, 1.54) is 34.8 Å². The Kier molecular flexibility index (Phi) is 4.92. The fourth-order valence-corrected chi connectivity index (χ4v) is 5.06. The fraction of sp³-hybridized carbons (Fsp3) is 0.632. The molecule has 0 atom stereocenters. The van der Waals surface area contributed by atoms with Crippen LogP contribution in [0.3, 0.4) is 0 Å². The zero-order valence-electron chi connectivity index (χ0n) is 17.3. The Labute approximate surface area is 177 Å². The normalized spacial score (nSPS) is 16.8. The Bertz CT molecular complexity index is 1200. The summed E-state index contributed by atoms with van der Waals surface area (Å²) in [6.45, 7) is 2.48. The van der Waals surface area contributed by atoms with E-state index in [1.54, 1.807) is 36.8 Å². The first-order valence-corrected chi connectivity index (χ1v) is 11.5. The van der Waals surface area contributed by atoms with Crippen LogP contribution < -0.4 is 16.1 Å². The molecular weight excluding hydrogens is 404 g/mol. The molecule has 2 aliphatic rings. The maximum absolute atomic E-state index is 12.8. The van der Waals surface area contributed by atoms with Gasteiger partial charge in [0.1, 0.15) is 0 Å². The highest BCUT2D eigenvalue weighted by molar-refractivity contribution is 7.99. The minimum atomic E-state index is -0.325. The van der Waals surface area contributed by atoms with Crippen molar-refractivity contribution in [2.45, 2.75) is 49.8 Å². The molecule has 10 nitrogen and oxygen atoms in total. The van der Waals surface area contributed by atoms with Gasteiger partial charge >= 0.3 is 5.69 Å². The van der Waals surface area contributed by atoms with Gasteiger partial charge in [-0.2, -0.15) is 0 Å². The molecule has 1 saturated carbocycles. The summed E-state index contributed by atoms with van der Waals surface area (Å²) in [6, 6.07) is 0.514. The zero-order valence-corrected chi connectivity index (χ0v) is 18.1. The summed E-state index contributed by atoms with van der Waals surface area (Å²) in [5, 5.41) is 9.87. The predicted molar refractivity (Wildman–Crippen MR) is 115 cm³/mol. The number of nitrogens with zero attached hydrogens (tertiary/aromatic N) is 8. The maximum Gasteiger partial charge on any atom is 0.332 e. The number of hydrogen-bond donors (Lipinski definition) is 0. The van der Waals surface area contributed by atoms with Crippen molar-refractivity contribution in [1.29, 1.82) is 0 Å². The van der Waals surface area contributed by atoms with Gasteiger partial charge in [0.15, 0.2) is 16.3 Å². The molecule has 0 radical (unpaired) electrons. The molecule has 1 aliphatic carbocycles. The Hall–Kier alpha value is -2.56. The maximum atomic E-state index is 12.8. The molecule has 0 aromatic carbocycles. The van der Waals surface area contributed by atoms with E-state index < -0.39 is 0 Å². The lowest BCUT2D eigenvalue weighted by Gasteiger charge is -2.18. The molecule has 160 valence electrons. The second-order valence-corrected chi connectivity index (χ2v) is 9.17. The Morgan fingerprint density at radius 2 is 1.90 bits per heavy atom. The molecule has 0 spiro atoms. The Balaban J connectivity index is 1.30. The summed E-state index contributed by atoms with van der Waals surface area (Å²) in [6.07, 6.45) is 7.05. The van der Waals surface area contributed by atoms with Gasteiger partial charge in [-0.3, -0.25) is 18.5 Å². The standard InChI is InChI=1S/C19H26N8O2S/c1-23-12-20-15-14(23)16(28)26(19(29)24(15)2)10-5-11-30-18-22-21-17(25-8-3-4-9-25)27(18)13-6-7-13/h12-13H,3-11H2,1-2H3. The number of anilines is 1. The summed E-state index contributed by atoms with van der Waals surface area (Å²) < 4.78 is 6.71. The molecule has 1 aliphatic heterocycles. The Morgan fingerprint density at radius 1 is 1.13 bits per heavy atom. The topological polar surface area (TPSA) is 95.8 Å². The molecule has 2 fully saturated rings. The lowest BCUT2D eigenvalue weighted by Crippen LogP contribution is -2.39. The van der Waals surface area contributed by atoms with E-state index in [9.17, 15) is 9.59 Å². The third-order valence-electron chi connectivity index (χ3n) is 5.91. The van der Waals surface area contributed by atoms with Crippen LogP contribution in [0.25, 0.3) is 11.2 Å². The number of aryl methyl sites for hydroxylation is 2. The molecule has 1 saturated heterocycles. The van der Waals surface area contributed by atoms with Crippen molar-refractivity contribution in [3.63, 3.8) is 0 Å². The van der Waals surface area contributed by atoms with Gasteiger partial charge in [0.2, 0.25) is 5.95 Å². The van der Waals surface area contributed by atoms with Crippen molar-refractivity contribution in [3.05, 3.63) is 27.2 Å². The second kappa shape index (κ2) is 7.60. The van der Waals surface area contributed by atoms with Crippen LogP contribution in [-0.2, 0) is 20.6 Å². The van der Waals surface area contributed by atoms with Crippen LogP contribution in [0.15, 0.2) is 21.1 Å². The average molecular weight is 431 g/mol. The number of fused-ring (bicyclic) bond motifs is 1. The molecule has 3 aromatic rings. The minimum absolute atomic E-state index is 0.282. The van der Waals surface area contributed by atoms with E-state index in [-0.39, 0.29) is 11.2 Å². The van der Waals surface area contributed by atoms with Gasteiger partial charge < -0.3 is 9.47 Å². The number of thioether (sulfide) groups is 1. The van der Waals surface area contributed by atoms with E-state index in [4.69, 9.17) is 0 Å². The highest BCUT2D eigenvalue weighted by Gasteiger charge is 2.32. The van der Waals surface area contributed by atoms with Crippen molar-refractivity contribution in [2.75, 3.05) is 23.7 Å². The molecule has 0 bridgehead atoms. The van der Waals surface area contributed by atoms with Crippen LogP contribution in [0.2, 0.25) is 0 Å². The van der Waals surface area contributed by atoms with Gasteiger partial charge in [-0.25, -0.2) is 9.78 Å². The van der Waals surface area contributed by atoms with Gasteiger partial charge in [0.25, 0.3) is 5.56 Å². The predicted octanol–water partition coefficient (Wildman–Crippen LogP) is 1.14. The molecule has 30 heavy (non-hydrogen) atoms. The highest BCUT2D eigenvalue weighted by Crippen LogP contribution is 2.41. The van der Waals surface area contributed by atoms with Gasteiger partial charge in [0, 0.05) is 45.5 Å². The quantitative estimate of drug-likeness (QED) is 0.410. The first-order valence-electron chi connectivity index (χ1n) is 10.5. The van der Waals surface area contributed by atoms with Crippen molar-refractivity contribution in [3.8, 4) is 0 Å². The van der Waals surface area contributed by atoms with Gasteiger partial charge in [0.05, 0.1) is 6.33 Å². The number of imidazole rings is 1. The molecule has 0 unspecified atom stereocenters. The van der Waals surface area contributed by atoms with E-state index in [2.05, 4.69) is 24.6 Å². The minimum Gasteiger partial charge on any atom is -0.341 e. The van der Waals surface area contributed by atoms with E-state index in [0.717, 1.165) is 29.9 Å². The lowest BCUT2D eigenvalue weighted by molar-refractivity contribution is 0.593. The molecule has 11 heteroatoms. The van der Waals surface area contributed by atoms with Crippen molar-refractivity contribution in [2.24, 2.45) is 14.1 Å². The summed E-state index contributed by atoms with van der Waals surface area (Å²) in [4.78, 5) is 31.9. The highest BCUT2D eigenvalue weighted by atomic mass is 32.2.